The number of ether oxygens (including phenoxy) is 2. The van der Waals surface area contributed by atoms with Crippen molar-refractivity contribution >= 4 is 12.3 Å². The van der Waals surface area contributed by atoms with Crippen molar-refractivity contribution in [3.8, 4) is 0 Å². The average molecular weight is 202 g/mol. The third-order valence-electron chi connectivity index (χ3n) is 1.49. The first kappa shape index (κ1) is 12.8. The molecule has 0 amide bonds. The smallest absolute Gasteiger partial charge is 0.338 e. The number of allylic oxidation sites excluding steroid dienone is 1. The molecule has 2 atom stereocenters. The van der Waals surface area contributed by atoms with Gasteiger partial charge in [-0.2, -0.15) is 0 Å². The number of aliphatic hydroxyl groups is 1. The number of esters is 1. The van der Waals surface area contributed by atoms with Crippen molar-refractivity contribution in [2.24, 2.45) is 0 Å². The van der Waals surface area contributed by atoms with Gasteiger partial charge >= 0.3 is 5.97 Å². The molecular formula is C9H14O5. The molecular weight excluding hydrogens is 188 g/mol. The van der Waals surface area contributed by atoms with E-state index in [1.54, 1.807) is 6.92 Å². The third-order valence-corrected chi connectivity index (χ3v) is 1.49. The first-order valence-corrected chi connectivity index (χ1v) is 4.16. The van der Waals surface area contributed by atoms with E-state index in [1.807, 2.05) is 0 Å². The van der Waals surface area contributed by atoms with Crippen molar-refractivity contribution in [1.29, 1.82) is 0 Å². The summed E-state index contributed by atoms with van der Waals surface area (Å²) in [6, 6.07) is 0. The Bertz CT molecular complexity index is 211. The molecule has 14 heavy (non-hydrogen) atoms. The maximum absolute atomic E-state index is 11.0. The van der Waals surface area contributed by atoms with E-state index in [4.69, 9.17) is 4.74 Å². The topological polar surface area (TPSA) is 72.8 Å². The van der Waals surface area contributed by atoms with Gasteiger partial charge in [0.2, 0.25) is 0 Å². The van der Waals surface area contributed by atoms with E-state index in [-0.39, 0.29) is 6.61 Å². The first-order chi connectivity index (χ1) is 6.67. The van der Waals surface area contributed by atoms with Crippen LogP contribution in [0, 0.1) is 0 Å². The van der Waals surface area contributed by atoms with E-state index in [1.165, 1.54) is 13.2 Å². The zero-order valence-corrected chi connectivity index (χ0v) is 8.17. The highest BCUT2D eigenvalue weighted by Gasteiger charge is 2.24. The van der Waals surface area contributed by atoms with Crippen molar-refractivity contribution in [1.82, 2.24) is 0 Å². The second kappa shape index (κ2) is 7.23. The molecule has 0 bridgehead atoms. The van der Waals surface area contributed by atoms with Crippen LogP contribution in [-0.2, 0) is 19.1 Å². The summed E-state index contributed by atoms with van der Waals surface area (Å²) < 4.78 is 9.36. The van der Waals surface area contributed by atoms with Crippen molar-refractivity contribution in [2.75, 3.05) is 13.7 Å². The maximum Gasteiger partial charge on any atom is 0.338 e. The number of carbonyl (C=O) groups excluding carboxylic acids is 2. The molecule has 0 aliphatic carbocycles. The fourth-order valence-corrected chi connectivity index (χ4v) is 0.829. The Morgan fingerprint density at radius 1 is 1.57 bits per heavy atom. The Morgan fingerprint density at radius 2 is 2.21 bits per heavy atom. The van der Waals surface area contributed by atoms with Crippen LogP contribution in [0.4, 0.5) is 0 Å². The molecule has 0 saturated heterocycles. The van der Waals surface area contributed by atoms with Gasteiger partial charge < -0.3 is 14.6 Å². The summed E-state index contributed by atoms with van der Waals surface area (Å²) in [5.41, 5.74) is 0. The Morgan fingerprint density at radius 3 is 2.64 bits per heavy atom. The van der Waals surface area contributed by atoms with Crippen LogP contribution in [0.25, 0.3) is 0 Å². The number of aldehydes is 1. The highest BCUT2D eigenvalue weighted by molar-refractivity contribution is 5.75. The second-order valence-corrected chi connectivity index (χ2v) is 2.42. The van der Waals surface area contributed by atoms with E-state index < -0.39 is 18.2 Å². The van der Waals surface area contributed by atoms with Gasteiger partial charge in [-0.15, -0.1) is 0 Å². The van der Waals surface area contributed by atoms with Gasteiger partial charge in [-0.05, 0) is 19.1 Å². The minimum atomic E-state index is -1.41. The van der Waals surface area contributed by atoms with Crippen LogP contribution in [0.2, 0.25) is 0 Å². The van der Waals surface area contributed by atoms with E-state index in [0.29, 0.717) is 6.29 Å². The zero-order valence-electron chi connectivity index (χ0n) is 8.17. The minimum Gasteiger partial charge on any atom is -0.464 e. The molecule has 0 aromatic rings. The lowest BCUT2D eigenvalue weighted by Crippen LogP contribution is -2.35. The highest BCUT2D eigenvalue weighted by Crippen LogP contribution is 2.02. The quantitative estimate of drug-likeness (QED) is 0.363. The molecule has 0 aromatic heterocycles. The molecule has 0 rings (SSSR count). The molecule has 0 aliphatic rings. The Labute approximate surface area is 82.3 Å². The monoisotopic (exact) mass is 202 g/mol. The maximum atomic E-state index is 11.0. The average Bonchev–Trinajstić information content (AvgIpc) is 2.19. The van der Waals surface area contributed by atoms with Gasteiger partial charge in [-0.25, -0.2) is 4.79 Å². The fourth-order valence-electron chi connectivity index (χ4n) is 0.829. The van der Waals surface area contributed by atoms with Crippen molar-refractivity contribution in [3.63, 3.8) is 0 Å². The Kier molecular flexibility index (Phi) is 6.61. The van der Waals surface area contributed by atoms with Gasteiger partial charge in [0, 0.05) is 7.11 Å². The predicted molar refractivity (Wildman–Crippen MR) is 48.6 cm³/mol. The molecule has 5 nitrogen and oxygen atoms in total. The summed E-state index contributed by atoms with van der Waals surface area (Å²) in [7, 11) is 1.32. The number of methoxy groups -OCH3 is 1. The molecule has 0 aliphatic heterocycles. The molecule has 5 heteroatoms. The Balaban J connectivity index is 4.28. The van der Waals surface area contributed by atoms with Gasteiger partial charge in [-0.3, -0.25) is 4.79 Å². The minimum absolute atomic E-state index is 0.184. The van der Waals surface area contributed by atoms with Crippen LogP contribution >= 0.6 is 0 Å². The summed E-state index contributed by atoms with van der Waals surface area (Å²) in [4.78, 5) is 21.0. The normalized spacial score (nSPS) is 15.1. The lowest BCUT2D eigenvalue weighted by molar-refractivity contribution is -0.158. The SMILES string of the molecule is CCOC(=O)C(O)C(C=CC=O)OC. The lowest BCUT2D eigenvalue weighted by atomic mass is 10.2. The number of rotatable bonds is 6. The largest absolute Gasteiger partial charge is 0.464 e. The molecule has 1 N–H and O–H groups in total. The van der Waals surface area contributed by atoms with Crippen LogP contribution in [-0.4, -0.2) is 43.3 Å². The summed E-state index contributed by atoms with van der Waals surface area (Å²) >= 11 is 0. The predicted octanol–water partition coefficient (Wildman–Crippen LogP) is -0.320. The standard InChI is InChI=1S/C9H14O5/c1-3-14-9(12)8(11)7(13-2)5-4-6-10/h4-8,11H,3H2,1-2H3. The van der Waals surface area contributed by atoms with Crippen LogP contribution in [0.1, 0.15) is 6.92 Å². The fraction of sp³-hybridized carbons (Fsp3) is 0.556. The van der Waals surface area contributed by atoms with Gasteiger partial charge in [0.1, 0.15) is 12.4 Å². The van der Waals surface area contributed by atoms with E-state index in [0.717, 1.165) is 6.08 Å². The van der Waals surface area contributed by atoms with E-state index >= 15 is 0 Å². The van der Waals surface area contributed by atoms with Crippen molar-refractivity contribution in [3.05, 3.63) is 12.2 Å². The van der Waals surface area contributed by atoms with E-state index in [9.17, 15) is 14.7 Å². The molecule has 0 radical (unpaired) electrons. The van der Waals surface area contributed by atoms with Gasteiger partial charge in [0.15, 0.2) is 6.10 Å². The molecule has 0 fully saturated rings. The molecule has 0 heterocycles. The number of hydrogen-bond donors (Lipinski definition) is 1. The van der Waals surface area contributed by atoms with E-state index in [2.05, 4.69) is 4.74 Å². The molecule has 0 aromatic carbocycles. The Hall–Kier alpha value is -1.20. The lowest BCUT2D eigenvalue weighted by Gasteiger charge is -2.16. The summed E-state index contributed by atoms with van der Waals surface area (Å²) in [6.45, 7) is 1.82. The molecule has 0 spiro atoms. The summed E-state index contributed by atoms with van der Waals surface area (Å²) in [5, 5.41) is 9.37. The van der Waals surface area contributed by atoms with Crippen molar-refractivity contribution < 1.29 is 24.2 Å². The van der Waals surface area contributed by atoms with Crippen LogP contribution < -0.4 is 0 Å². The highest BCUT2D eigenvalue weighted by atomic mass is 16.6. The van der Waals surface area contributed by atoms with Gasteiger partial charge in [0.05, 0.1) is 6.61 Å². The number of aliphatic hydroxyl groups excluding tert-OH is 1. The van der Waals surface area contributed by atoms with Gasteiger partial charge in [-0.1, -0.05) is 0 Å². The second-order valence-electron chi connectivity index (χ2n) is 2.42. The van der Waals surface area contributed by atoms with Crippen LogP contribution in [0.3, 0.4) is 0 Å². The van der Waals surface area contributed by atoms with Crippen LogP contribution in [0.5, 0.6) is 0 Å². The van der Waals surface area contributed by atoms with Crippen LogP contribution in [0.15, 0.2) is 12.2 Å². The zero-order chi connectivity index (χ0) is 11.0. The third kappa shape index (κ3) is 4.15. The number of carbonyl (C=O) groups is 2. The van der Waals surface area contributed by atoms with Gasteiger partial charge in [0.25, 0.3) is 0 Å². The molecule has 80 valence electrons. The first-order valence-electron chi connectivity index (χ1n) is 4.16. The molecule has 0 saturated carbocycles. The summed E-state index contributed by atoms with van der Waals surface area (Å²) in [5.74, 6) is -0.769. The van der Waals surface area contributed by atoms with Crippen molar-refractivity contribution in [2.45, 2.75) is 19.1 Å². The number of hydrogen-bond acceptors (Lipinski definition) is 5. The molecule has 2 unspecified atom stereocenters. The summed E-state index contributed by atoms with van der Waals surface area (Å²) in [6.07, 6.45) is 0.699.